The van der Waals surface area contributed by atoms with Gasteiger partial charge in [-0.3, -0.25) is 9.59 Å². The second-order valence-electron chi connectivity index (χ2n) is 6.03. The standard InChI is InChI=1S/C18H17N7O2S3/c1-2-25-13(9-14(26)21-16-19-7-8-28-16)23-24-18(25)29-10-15(27)22-17-20-11-5-3-4-6-12(11)30-17/h3-8H,2,9-10H2,1H3,(H,19,21,26)(H,20,22,27). The molecule has 3 aromatic heterocycles. The monoisotopic (exact) mass is 459 g/mol. The van der Waals surface area contributed by atoms with Crippen LogP contribution in [0, 0.1) is 0 Å². The molecule has 3 heterocycles. The zero-order valence-electron chi connectivity index (χ0n) is 15.9. The van der Waals surface area contributed by atoms with Crippen molar-refractivity contribution in [3.05, 3.63) is 41.7 Å². The number of amides is 2. The van der Waals surface area contributed by atoms with E-state index in [4.69, 9.17) is 0 Å². The van der Waals surface area contributed by atoms with Gasteiger partial charge in [-0.2, -0.15) is 0 Å². The van der Waals surface area contributed by atoms with Crippen LogP contribution in [0.4, 0.5) is 10.3 Å². The van der Waals surface area contributed by atoms with Gasteiger partial charge in [-0.05, 0) is 19.1 Å². The molecule has 30 heavy (non-hydrogen) atoms. The Morgan fingerprint density at radius 1 is 1.13 bits per heavy atom. The van der Waals surface area contributed by atoms with Crippen LogP contribution in [0.5, 0.6) is 0 Å². The van der Waals surface area contributed by atoms with Crippen LogP contribution in [0.2, 0.25) is 0 Å². The van der Waals surface area contributed by atoms with E-state index in [2.05, 4.69) is 30.8 Å². The highest BCUT2D eigenvalue weighted by Gasteiger charge is 2.17. The largest absolute Gasteiger partial charge is 0.306 e. The molecule has 1 aromatic carbocycles. The van der Waals surface area contributed by atoms with Crippen LogP contribution < -0.4 is 10.6 Å². The topological polar surface area (TPSA) is 115 Å². The number of thioether (sulfide) groups is 1. The smallest absolute Gasteiger partial charge is 0.236 e. The fourth-order valence-electron chi connectivity index (χ4n) is 2.68. The molecular formula is C18H17N7O2S3. The van der Waals surface area contributed by atoms with Crippen molar-refractivity contribution in [2.24, 2.45) is 0 Å². The number of benzene rings is 1. The summed E-state index contributed by atoms with van der Waals surface area (Å²) < 4.78 is 2.85. The summed E-state index contributed by atoms with van der Waals surface area (Å²) in [5, 5.41) is 17.3. The zero-order valence-corrected chi connectivity index (χ0v) is 18.3. The second kappa shape index (κ2) is 9.32. The summed E-state index contributed by atoms with van der Waals surface area (Å²) in [6.07, 6.45) is 1.71. The van der Waals surface area contributed by atoms with Crippen LogP contribution in [-0.2, 0) is 22.6 Å². The van der Waals surface area contributed by atoms with Gasteiger partial charge in [0.25, 0.3) is 0 Å². The number of thiazole rings is 2. The van der Waals surface area contributed by atoms with Crippen LogP contribution in [-0.4, -0.2) is 42.3 Å². The highest BCUT2D eigenvalue weighted by Crippen LogP contribution is 2.26. The average Bonchev–Trinajstić information content (AvgIpc) is 3.45. The minimum absolute atomic E-state index is 0.0822. The number of carbonyl (C=O) groups is 2. The van der Waals surface area contributed by atoms with Gasteiger partial charge in [-0.15, -0.1) is 21.5 Å². The van der Waals surface area contributed by atoms with Gasteiger partial charge in [0.2, 0.25) is 11.8 Å². The molecule has 0 unspecified atom stereocenters. The Hall–Kier alpha value is -2.83. The molecule has 2 N–H and O–H groups in total. The Balaban J connectivity index is 1.34. The lowest BCUT2D eigenvalue weighted by molar-refractivity contribution is -0.116. The predicted octanol–water partition coefficient (Wildman–Crippen LogP) is 3.28. The summed E-state index contributed by atoms with van der Waals surface area (Å²) in [5.74, 6) is 0.324. The number of hydrogen-bond acceptors (Lipinski definition) is 9. The number of carbonyl (C=O) groups excluding carboxylic acids is 2. The Kier molecular flexibility index (Phi) is 6.35. The molecule has 9 nitrogen and oxygen atoms in total. The highest BCUT2D eigenvalue weighted by atomic mass is 32.2. The summed E-state index contributed by atoms with van der Waals surface area (Å²) in [6, 6.07) is 7.73. The van der Waals surface area contributed by atoms with Crippen molar-refractivity contribution < 1.29 is 9.59 Å². The van der Waals surface area contributed by atoms with E-state index in [0.717, 1.165) is 10.2 Å². The molecule has 0 bridgehead atoms. The summed E-state index contributed by atoms with van der Waals surface area (Å²) in [7, 11) is 0. The number of fused-ring (bicyclic) bond motifs is 1. The van der Waals surface area contributed by atoms with E-state index in [1.807, 2.05) is 35.8 Å². The maximum atomic E-state index is 12.3. The van der Waals surface area contributed by atoms with Crippen LogP contribution in [0.1, 0.15) is 12.7 Å². The number of rotatable bonds is 8. The van der Waals surface area contributed by atoms with E-state index >= 15 is 0 Å². The molecule has 0 aliphatic carbocycles. The van der Waals surface area contributed by atoms with E-state index in [-0.39, 0.29) is 24.0 Å². The number of anilines is 2. The van der Waals surface area contributed by atoms with E-state index in [1.165, 1.54) is 34.4 Å². The molecule has 0 radical (unpaired) electrons. The molecule has 0 saturated carbocycles. The molecule has 4 rings (SSSR count). The van der Waals surface area contributed by atoms with Crippen LogP contribution in [0.15, 0.2) is 41.0 Å². The van der Waals surface area contributed by atoms with Crippen molar-refractivity contribution in [3.63, 3.8) is 0 Å². The number of nitrogens with one attached hydrogen (secondary N) is 2. The summed E-state index contributed by atoms with van der Waals surface area (Å²) in [6.45, 7) is 2.53. The van der Waals surface area contributed by atoms with Crippen LogP contribution in [0.25, 0.3) is 10.2 Å². The Morgan fingerprint density at radius 2 is 1.97 bits per heavy atom. The zero-order chi connectivity index (χ0) is 20.9. The van der Waals surface area contributed by atoms with E-state index in [9.17, 15) is 9.59 Å². The Bertz CT molecular complexity index is 1140. The molecule has 0 aliphatic heterocycles. The van der Waals surface area contributed by atoms with Crippen molar-refractivity contribution in [1.29, 1.82) is 0 Å². The first-order valence-electron chi connectivity index (χ1n) is 9.02. The van der Waals surface area contributed by atoms with Gasteiger partial charge in [0.15, 0.2) is 15.4 Å². The first-order chi connectivity index (χ1) is 14.6. The van der Waals surface area contributed by atoms with Gasteiger partial charge in [0.1, 0.15) is 5.82 Å². The highest BCUT2D eigenvalue weighted by molar-refractivity contribution is 7.99. The molecule has 4 aromatic rings. The number of para-hydroxylation sites is 1. The lowest BCUT2D eigenvalue weighted by atomic mass is 10.3. The van der Waals surface area contributed by atoms with Gasteiger partial charge < -0.3 is 15.2 Å². The van der Waals surface area contributed by atoms with Gasteiger partial charge in [-0.1, -0.05) is 35.2 Å². The summed E-state index contributed by atoms with van der Waals surface area (Å²) >= 11 is 4.06. The molecule has 0 atom stereocenters. The summed E-state index contributed by atoms with van der Waals surface area (Å²) in [5.41, 5.74) is 0.858. The van der Waals surface area contributed by atoms with Gasteiger partial charge in [0, 0.05) is 18.1 Å². The molecule has 154 valence electrons. The molecule has 0 fully saturated rings. The third kappa shape index (κ3) is 4.83. The van der Waals surface area contributed by atoms with E-state index < -0.39 is 0 Å². The number of aromatic nitrogens is 5. The molecular weight excluding hydrogens is 442 g/mol. The van der Waals surface area contributed by atoms with Crippen molar-refractivity contribution in [2.45, 2.75) is 25.0 Å². The van der Waals surface area contributed by atoms with Gasteiger partial charge >= 0.3 is 0 Å². The normalized spacial score (nSPS) is 11.0. The summed E-state index contributed by atoms with van der Waals surface area (Å²) in [4.78, 5) is 33.0. The molecule has 2 amide bonds. The maximum Gasteiger partial charge on any atom is 0.236 e. The molecule has 0 aliphatic rings. The molecule has 0 spiro atoms. The maximum absolute atomic E-state index is 12.3. The third-order valence-corrected chi connectivity index (χ3v) is 6.59. The number of hydrogen-bond donors (Lipinski definition) is 2. The lowest BCUT2D eigenvalue weighted by Gasteiger charge is -2.07. The molecule has 12 heteroatoms. The minimum atomic E-state index is -0.211. The predicted molar refractivity (Wildman–Crippen MR) is 119 cm³/mol. The van der Waals surface area contributed by atoms with Gasteiger partial charge in [-0.25, -0.2) is 9.97 Å². The van der Waals surface area contributed by atoms with E-state index in [1.54, 1.807) is 11.6 Å². The van der Waals surface area contributed by atoms with E-state index in [0.29, 0.717) is 27.8 Å². The third-order valence-electron chi connectivity index (χ3n) is 3.98. The number of nitrogens with zero attached hydrogens (tertiary/aromatic N) is 5. The van der Waals surface area contributed by atoms with Crippen molar-refractivity contribution in [1.82, 2.24) is 24.7 Å². The van der Waals surface area contributed by atoms with Crippen molar-refractivity contribution in [2.75, 3.05) is 16.4 Å². The Morgan fingerprint density at radius 3 is 2.73 bits per heavy atom. The first kappa shape index (κ1) is 20.4. The van der Waals surface area contributed by atoms with Crippen LogP contribution in [0.3, 0.4) is 0 Å². The van der Waals surface area contributed by atoms with Crippen LogP contribution >= 0.6 is 34.4 Å². The molecule has 0 saturated heterocycles. The lowest BCUT2D eigenvalue weighted by Crippen LogP contribution is -2.18. The van der Waals surface area contributed by atoms with Crippen molar-refractivity contribution >= 4 is 66.7 Å². The fourth-order valence-corrected chi connectivity index (χ4v) is 4.93. The van der Waals surface area contributed by atoms with Gasteiger partial charge in [0.05, 0.1) is 22.4 Å². The second-order valence-corrected chi connectivity index (χ2v) is 8.90. The average molecular weight is 460 g/mol. The van der Waals surface area contributed by atoms with Crippen molar-refractivity contribution in [3.8, 4) is 0 Å². The minimum Gasteiger partial charge on any atom is -0.306 e. The quantitative estimate of drug-likeness (QED) is 0.389. The Labute approximate surface area is 184 Å². The first-order valence-corrected chi connectivity index (χ1v) is 11.7. The SMILES string of the molecule is CCn1c(CC(=O)Nc2nccs2)nnc1SCC(=O)Nc1nc2ccccc2s1. The fraction of sp³-hybridized carbons (Fsp3) is 0.222.